The molecule has 0 spiro atoms. The normalized spacial score (nSPS) is 22.4. The summed E-state index contributed by atoms with van der Waals surface area (Å²) in [5, 5.41) is 1.75. The highest BCUT2D eigenvalue weighted by Gasteiger charge is 2.41. The number of para-hydroxylation sites is 2. The van der Waals surface area contributed by atoms with Gasteiger partial charge in [0.15, 0.2) is 5.17 Å². The summed E-state index contributed by atoms with van der Waals surface area (Å²) in [5.74, 6) is 0.165. The van der Waals surface area contributed by atoms with Gasteiger partial charge in [0.1, 0.15) is 6.54 Å². The van der Waals surface area contributed by atoms with Crippen LogP contribution in [0.2, 0.25) is 0 Å². The first-order valence-electron chi connectivity index (χ1n) is 13.1. The van der Waals surface area contributed by atoms with E-state index in [-0.39, 0.29) is 24.5 Å². The highest BCUT2D eigenvalue weighted by molar-refractivity contribution is 8.18. The summed E-state index contributed by atoms with van der Waals surface area (Å²) in [5.41, 5.74) is 3.68. The Labute approximate surface area is 222 Å². The largest absolute Gasteiger partial charge is 0.465 e. The van der Waals surface area contributed by atoms with Crippen molar-refractivity contribution in [3.8, 4) is 0 Å². The van der Waals surface area contributed by atoms with Crippen LogP contribution in [0.25, 0.3) is 17.0 Å². The Balaban J connectivity index is 1.58. The van der Waals surface area contributed by atoms with Gasteiger partial charge in [-0.3, -0.25) is 14.5 Å². The summed E-state index contributed by atoms with van der Waals surface area (Å²) in [6.45, 7) is 6.53. The number of esters is 1. The number of hydrogen-bond donors (Lipinski definition) is 0. The van der Waals surface area contributed by atoms with Crippen LogP contribution in [0, 0.1) is 12.8 Å². The number of fused-ring (bicyclic) bond motifs is 1. The molecule has 3 aromatic rings. The van der Waals surface area contributed by atoms with Crippen molar-refractivity contribution in [2.24, 2.45) is 10.9 Å². The molecule has 2 aromatic carbocycles. The Morgan fingerprint density at radius 1 is 1.11 bits per heavy atom. The van der Waals surface area contributed by atoms with Crippen molar-refractivity contribution < 1.29 is 14.3 Å². The molecule has 6 nitrogen and oxygen atoms in total. The molecule has 2 fully saturated rings. The van der Waals surface area contributed by atoms with Crippen LogP contribution >= 0.6 is 11.8 Å². The number of carbonyl (C=O) groups is 2. The molecule has 0 N–H and O–H groups in total. The van der Waals surface area contributed by atoms with E-state index in [1.165, 1.54) is 18.2 Å². The zero-order valence-electron chi connectivity index (χ0n) is 21.6. The lowest BCUT2D eigenvalue weighted by atomic mass is 9.85. The second-order valence-electron chi connectivity index (χ2n) is 9.75. The van der Waals surface area contributed by atoms with Crippen LogP contribution in [0.5, 0.6) is 0 Å². The van der Waals surface area contributed by atoms with Gasteiger partial charge in [-0.15, -0.1) is 0 Å². The van der Waals surface area contributed by atoms with Crippen LogP contribution in [-0.2, 0) is 20.9 Å². The molecule has 37 heavy (non-hydrogen) atoms. The van der Waals surface area contributed by atoms with Gasteiger partial charge in [-0.2, -0.15) is 0 Å². The summed E-state index contributed by atoms with van der Waals surface area (Å²) >= 11 is 1.45. The van der Waals surface area contributed by atoms with E-state index in [0.29, 0.717) is 17.4 Å². The number of amides is 1. The van der Waals surface area contributed by atoms with Crippen LogP contribution < -0.4 is 0 Å². The molecule has 0 unspecified atom stereocenters. The van der Waals surface area contributed by atoms with Crippen molar-refractivity contribution in [1.29, 1.82) is 0 Å². The number of rotatable bonds is 6. The summed E-state index contributed by atoms with van der Waals surface area (Å²) < 4.78 is 7.19. The first-order valence-corrected chi connectivity index (χ1v) is 13.9. The highest BCUT2D eigenvalue weighted by atomic mass is 32.2. The molecular weight excluding hydrogens is 482 g/mol. The number of ether oxygens (including phenoxy) is 1. The van der Waals surface area contributed by atoms with Gasteiger partial charge >= 0.3 is 5.97 Å². The molecule has 1 aliphatic carbocycles. The van der Waals surface area contributed by atoms with Gasteiger partial charge in [0, 0.05) is 28.2 Å². The second kappa shape index (κ2) is 11.0. The fourth-order valence-electron chi connectivity index (χ4n) is 5.46. The van der Waals surface area contributed by atoms with Crippen molar-refractivity contribution in [2.75, 3.05) is 6.61 Å². The van der Waals surface area contributed by atoms with E-state index < -0.39 is 0 Å². The molecule has 1 aromatic heterocycles. The summed E-state index contributed by atoms with van der Waals surface area (Å²) in [6.07, 6.45) is 6.44. The molecule has 2 heterocycles. The average Bonchev–Trinajstić information content (AvgIpc) is 3.34. The lowest BCUT2D eigenvalue weighted by Gasteiger charge is -2.35. The van der Waals surface area contributed by atoms with Crippen LogP contribution in [0.3, 0.4) is 0 Å². The molecule has 7 heteroatoms. The minimum atomic E-state index is -0.272. The Morgan fingerprint density at radius 2 is 1.84 bits per heavy atom. The maximum Gasteiger partial charge on any atom is 0.325 e. The minimum Gasteiger partial charge on any atom is -0.465 e. The van der Waals surface area contributed by atoms with Crippen LogP contribution in [0.4, 0.5) is 5.69 Å². The fourth-order valence-corrected chi connectivity index (χ4v) is 6.49. The topological polar surface area (TPSA) is 63.9 Å². The standard InChI is InChI=1S/C30H33N3O3S/c1-4-36-28(34)19-32-21(3)24(23-15-9-11-17-26(23)32)18-27-29(35)33(25-16-10-8-12-20(25)2)30(37-27)31-22-13-6-5-7-14-22/h5-7,9,11,13-15,17-18,20,25H,4,8,10,12,16,19H2,1-3H3/b27-18-,31-30?/t20-,25+/m1/s1. The average molecular weight is 516 g/mol. The molecule has 1 saturated heterocycles. The maximum atomic E-state index is 13.9. The van der Waals surface area contributed by atoms with E-state index in [2.05, 4.69) is 6.92 Å². The third-order valence-corrected chi connectivity index (χ3v) is 8.35. The van der Waals surface area contributed by atoms with E-state index in [1.807, 2.05) is 84.0 Å². The molecule has 1 amide bonds. The Bertz CT molecular complexity index is 1380. The lowest BCUT2D eigenvalue weighted by Crippen LogP contribution is -2.44. The van der Waals surface area contributed by atoms with Gasteiger partial charge in [-0.1, -0.05) is 56.2 Å². The molecule has 0 radical (unpaired) electrons. The van der Waals surface area contributed by atoms with Gasteiger partial charge in [0.2, 0.25) is 0 Å². The molecule has 1 saturated carbocycles. The Morgan fingerprint density at radius 3 is 2.59 bits per heavy atom. The molecule has 2 atom stereocenters. The molecule has 2 aliphatic rings. The van der Waals surface area contributed by atoms with Gasteiger partial charge in [-0.05, 0) is 68.6 Å². The van der Waals surface area contributed by atoms with E-state index in [9.17, 15) is 9.59 Å². The summed E-state index contributed by atoms with van der Waals surface area (Å²) in [7, 11) is 0. The lowest BCUT2D eigenvalue weighted by molar-refractivity contribution is -0.143. The van der Waals surface area contributed by atoms with Crippen molar-refractivity contribution in [2.45, 2.75) is 59.0 Å². The third kappa shape index (κ3) is 5.10. The fraction of sp³-hybridized carbons (Fsp3) is 0.367. The van der Waals surface area contributed by atoms with Crippen molar-refractivity contribution in [3.63, 3.8) is 0 Å². The zero-order chi connectivity index (χ0) is 25.9. The molecule has 5 rings (SSSR count). The first kappa shape index (κ1) is 25.3. The molecule has 192 valence electrons. The second-order valence-corrected chi connectivity index (χ2v) is 10.8. The number of benzene rings is 2. The minimum absolute atomic E-state index is 0.0139. The predicted octanol–water partition coefficient (Wildman–Crippen LogP) is 6.70. The summed E-state index contributed by atoms with van der Waals surface area (Å²) in [6, 6.07) is 18.0. The van der Waals surface area contributed by atoms with E-state index in [4.69, 9.17) is 9.73 Å². The number of nitrogens with zero attached hydrogens (tertiary/aromatic N) is 3. The number of aromatic nitrogens is 1. The number of thioether (sulfide) groups is 1. The van der Waals surface area contributed by atoms with Crippen molar-refractivity contribution in [1.82, 2.24) is 9.47 Å². The van der Waals surface area contributed by atoms with E-state index in [0.717, 1.165) is 52.3 Å². The summed E-state index contributed by atoms with van der Waals surface area (Å²) in [4.78, 5) is 33.8. The maximum absolute atomic E-state index is 13.9. The van der Waals surface area contributed by atoms with E-state index >= 15 is 0 Å². The molecular formula is C30H33N3O3S. The van der Waals surface area contributed by atoms with Crippen LogP contribution in [0.1, 0.15) is 50.8 Å². The predicted molar refractivity (Wildman–Crippen MR) is 151 cm³/mol. The molecule has 0 bridgehead atoms. The van der Waals surface area contributed by atoms with Crippen molar-refractivity contribution >= 4 is 51.5 Å². The monoisotopic (exact) mass is 515 g/mol. The number of carbonyl (C=O) groups excluding carboxylic acids is 2. The number of aliphatic imine (C=N–C) groups is 1. The smallest absolute Gasteiger partial charge is 0.325 e. The van der Waals surface area contributed by atoms with Crippen LogP contribution in [-0.4, -0.2) is 39.2 Å². The quantitative estimate of drug-likeness (QED) is 0.271. The van der Waals surface area contributed by atoms with Crippen LogP contribution in [0.15, 0.2) is 64.5 Å². The van der Waals surface area contributed by atoms with Gasteiger partial charge in [-0.25, -0.2) is 4.99 Å². The highest BCUT2D eigenvalue weighted by Crippen LogP contribution is 2.41. The zero-order valence-corrected chi connectivity index (χ0v) is 22.5. The van der Waals surface area contributed by atoms with Gasteiger partial charge < -0.3 is 9.30 Å². The third-order valence-electron chi connectivity index (χ3n) is 7.36. The Kier molecular flexibility index (Phi) is 7.51. The van der Waals surface area contributed by atoms with Crippen molar-refractivity contribution in [3.05, 3.63) is 70.8 Å². The van der Waals surface area contributed by atoms with Gasteiger partial charge in [0.25, 0.3) is 5.91 Å². The number of amidine groups is 1. The number of hydrogen-bond acceptors (Lipinski definition) is 5. The van der Waals surface area contributed by atoms with E-state index in [1.54, 1.807) is 0 Å². The first-order chi connectivity index (χ1) is 18.0. The SMILES string of the molecule is CCOC(=O)Cn1c(C)c(/C=C2\SC(=Nc3ccccc3)N([C@H]3CCCC[C@H]3C)C2=O)c2ccccc21. The molecule has 1 aliphatic heterocycles. The Hall–Kier alpha value is -3.32. The van der Waals surface area contributed by atoms with Gasteiger partial charge in [0.05, 0.1) is 17.2 Å².